The molecule has 2 heterocycles. The lowest BCUT2D eigenvalue weighted by Crippen LogP contribution is -2.47. The lowest BCUT2D eigenvalue weighted by atomic mass is 9.93. The van der Waals surface area contributed by atoms with Crippen molar-refractivity contribution < 1.29 is 9.59 Å². The molecule has 1 aliphatic heterocycles. The fraction of sp³-hybridized carbons (Fsp3) is 0.579. The lowest BCUT2D eigenvalue weighted by molar-refractivity contribution is -0.132. The first kappa shape index (κ1) is 17.2. The number of carbonyl (C=O) groups is 2. The number of amides is 2. The third-order valence-corrected chi connectivity index (χ3v) is 5.83. The third-order valence-electron chi connectivity index (χ3n) is 4.99. The van der Waals surface area contributed by atoms with Gasteiger partial charge in [-0.3, -0.25) is 9.59 Å². The average Bonchev–Trinajstić information content (AvgIpc) is 3.14. The van der Waals surface area contributed by atoms with Crippen LogP contribution in [0.2, 0.25) is 0 Å². The van der Waals surface area contributed by atoms with E-state index in [1.807, 2.05) is 28.5 Å². The second-order valence-corrected chi connectivity index (χ2v) is 7.79. The first-order valence-corrected chi connectivity index (χ1v) is 9.91. The number of rotatable bonds is 4. The van der Waals surface area contributed by atoms with E-state index in [2.05, 4.69) is 5.32 Å². The van der Waals surface area contributed by atoms with Crippen molar-refractivity contribution in [2.24, 2.45) is 5.92 Å². The molecule has 1 N–H and O–H groups in total. The fourth-order valence-electron chi connectivity index (χ4n) is 3.60. The number of nitrogens with one attached hydrogen (secondary N) is 1. The molecule has 5 heteroatoms. The zero-order valence-electron chi connectivity index (χ0n) is 14.1. The summed E-state index contributed by atoms with van der Waals surface area (Å²) in [7, 11) is 0. The van der Waals surface area contributed by atoms with Gasteiger partial charge in [0.2, 0.25) is 11.8 Å². The van der Waals surface area contributed by atoms with Crippen LogP contribution in [0.15, 0.2) is 23.6 Å². The van der Waals surface area contributed by atoms with Crippen LogP contribution in [-0.2, 0) is 9.59 Å². The molecule has 1 aromatic heterocycles. The van der Waals surface area contributed by atoms with Gasteiger partial charge in [0.05, 0.1) is 5.92 Å². The molecule has 2 fully saturated rings. The molecule has 3 rings (SSSR count). The Kier molecular flexibility index (Phi) is 6.07. The standard InChI is InChI=1S/C19H26N2O2S/c22-18(11-10-17-9-5-13-24-17)21-12-4-6-15(14-21)19(23)20-16-7-2-1-3-8-16/h5,9-11,13,15-16H,1-4,6-8,12,14H2,(H,20,23)/b11-10+/t15-/m1/s1. The second-order valence-electron chi connectivity index (χ2n) is 6.82. The molecule has 0 unspecified atom stereocenters. The molecule has 0 bridgehead atoms. The number of nitrogens with zero attached hydrogens (tertiary/aromatic N) is 1. The molecular formula is C19H26N2O2S. The van der Waals surface area contributed by atoms with E-state index in [-0.39, 0.29) is 17.7 Å². The molecule has 1 atom stereocenters. The molecular weight excluding hydrogens is 320 g/mol. The van der Waals surface area contributed by atoms with Crippen LogP contribution in [0.3, 0.4) is 0 Å². The lowest BCUT2D eigenvalue weighted by Gasteiger charge is -2.33. The molecule has 24 heavy (non-hydrogen) atoms. The summed E-state index contributed by atoms with van der Waals surface area (Å²) in [6, 6.07) is 4.31. The first-order valence-electron chi connectivity index (χ1n) is 9.03. The second kappa shape index (κ2) is 8.47. The maximum absolute atomic E-state index is 12.5. The summed E-state index contributed by atoms with van der Waals surface area (Å²) in [6.07, 6.45) is 11.2. The Morgan fingerprint density at radius 1 is 1.17 bits per heavy atom. The number of piperidine rings is 1. The highest BCUT2D eigenvalue weighted by atomic mass is 32.1. The van der Waals surface area contributed by atoms with Crippen LogP contribution in [0, 0.1) is 5.92 Å². The molecule has 2 amide bonds. The zero-order valence-corrected chi connectivity index (χ0v) is 14.9. The number of carbonyl (C=O) groups excluding carboxylic acids is 2. The molecule has 1 saturated carbocycles. The Labute approximate surface area is 147 Å². The van der Waals surface area contributed by atoms with Crippen molar-refractivity contribution in [3.05, 3.63) is 28.5 Å². The van der Waals surface area contributed by atoms with Gasteiger partial charge in [-0.25, -0.2) is 0 Å². The average molecular weight is 346 g/mol. The minimum atomic E-state index is -0.0558. The van der Waals surface area contributed by atoms with Gasteiger partial charge < -0.3 is 10.2 Å². The number of thiophene rings is 1. The van der Waals surface area contributed by atoms with Crippen LogP contribution < -0.4 is 5.32 Å². The summed E-state index contributed by atoms with van der Waals surface area (Å²) in [4.78, 5) is 27.8. The van der Waals surface area contributed by atoms with E-state index >= 15 is 0 Å². The number of hydrogen-bond acceptors (Lipinski definition) is 3. The zero-order chi connectivity index (χ0) is 16.8. The van der Waals surface area contributed by atoms with Crippen LogP contribution in [0.1, 0.15) is 49.8 Å². The third kappa shape index (κ3) is 4.69. The van der Waals surface area contributed by atoms with Gasteiger partial charge in [-0.05, 0) is 43.2 Å². The number of hydrogen-bond donors (Lipinski definition) is 1. The fourth-order valence-corrected chi connectivity index (χ4v) is 4.22. The normalized spacial score (nSPS) is 22.7. The molecule has 0 radical (unpaired) electrons. The molecule has 130 valence electrons. The Bertz CT molecular complexity index is 576. The van der Waals surface area contributed by atoms with Gasteiger partial charge in [-0.2, -0.15) is 0 Å². The van der Waals surface area contributed by atoms with Crippen molar-refractivity contribution in [2.75, 3.05) is 13.1 Å². The molecule has 1 aliphatic carbocycles. The van der Waals surface area contributed by atoms with E-state index in [1.54, 1.807) is 17.4 Å². The summed E-state index contributed by atoms with van der Waals surface area (Å²) in [6.45, 7) is 1.30. The van der Waals surface area contributed by atoms with E-state index in [9.17, 15) is 9.59 Å². The van der Waals surface area contributed by atoms with Gasteiger partial charge >= 0.3 is 0 Å². The summed E-state index contributed by atoms with van der Waals surface area (Å²) >= 11 is 1.61. The summed E-state index contributed by atoms with van der Waals surface area (Å²) in [5.41, 5.74) is 0. The Morgan fingerprint density at radius 3 is 2.75 bits per heavy atom. The Balaban J connectivity index is 1.51. The van der Waals surface area contributed by atoms with E-state index in [4.69, 9.17) is 0 Å². The van der Waals surface area contributed by atoms with Crippen LogP contribution in [0.5, 0.6) is 0 Å². The van der Waals surface area contributed by atoms with Crippen molar-refractivity contribution in [3.63, 3.8) is 0 Å². The summed E-state index contributed by atoms with van der Waals surface area (Å²) < 4.78 is 0. The quantitative estimate of drug-likeness (QED) is 0.849. The first-order chi connectivity index (χ1) is 11.7. The molecule has 2 aliphatic rings. The maximum atomic E-state index is 12.5. The van der Waals surface area contributed by atoms with Gasteiger partial charge in [-0.15, -0.1) is 11.3 Å². The van der Waals surface area contributed by atoms with E-state index < -0.39 is 0 Å². The highest BCUT2D eigenvalue weighted by Crippen LogP contribution is 2.21. The highest BCUT2D eigenvalue weighted by molar-refractivity contribution is 7.10. The largest absolute Gasteiger partial charge is 0.353 e. The van der Waals surface area contributed by atoms with Crippen LogP contribution in [-0.4, -0.2) is 35.8 Å². The number of likely N-dealkylation sites (tertiary alicyclic amines) is 1. The van der Waals surface area contributed by atoms with Crippen molar-refractivity contribution in [1.82, 2.24) is 10.2 Å². The summed E-state index contributed by atoms with van der Waals surface area (Å²) in [5.74, 6) is 0.0972. The van der Waals surface area contributed by atoms with Gasteiger partial charge in [0.15, 0.2) is 0 Å². The van der Waals surface area contributed by atoms with Crippen LogP contribution in [0.4, 0.5) is 0 Å². The predicted molar refractivity (Wildman–Crippen MR) is 97.7 cm³/mol. The smallest absolute Gasteiger partial charge is 0.246 e. The van der Waals surface area contributed by atoms with Gasteiger partial charge in [0, 0.05) is 30.1 Å². The minimum absolute atomic E-state index is 0.0126. The van der Waals surface area contributed by atoms with Crippen molar-refractivity contribution in [1.29, 1.82) is 0 Å². The van der Waals surface area contributed by atoms with Crippen LogP contribution >= 0.6 is 11.3 Å². The molecule has 0 spiro atoms. The monoisotopic (exact) mass is 346 g/mol. The van der Waals surface area contributed by atoms with Gasteiger partial charge in [0.1, 0.15) is 0 Å². The topological polar surface area (TPSA) is 49.4 Å². The van der Waals surface area contributed by atoms with Crippen molar-refractivity contribution in [3.8, 4) is 0 Å². The molecule has 1 aromatic rings. The predicted octanol–water partition coefficient (Wildman–Crippen LogP) is 3.45. The molecule has 1 saturated heterocycles. The SMILES string of the molecule is O=C(NC1CCCCC1)[C@@H]1CCCN(C(=O)/C=C/c2cccs2)C1. The van der Waals surface area contributed by atoms with Gasteiger partial charge in [-0.1, -0.05) is 25.3 Å². The van der Waals surface area contributed by atoms with E-state index in [0.29, 0.717) is 12.6 Å². The van der Waals surface area contributed by atoms with Crippen molar-refractivity contribution >= 4 is 29.2 Å². The van der Waals surface area contributed by atoms with E-state index in [0.717, 1.165) is 37.1 Å². The van der Waals surface area contributed by atoms with Crippen LogP contribution in [0.25, 0.3) is 6.08 Å². The highest BCUT2D eigenvalue weighted by Gasteiger charge is 2.29. The van der Waals surface area contributed by atoms with Gasteiger partial charge in [0.25, 0.3) is 0 Å². The Hall–Kier alpha value is -1.62. The van der Waals surface area contributed by atoms with E-state index in [1.165, 1.54) is 19.3 Å². The van der Waals surface area contributed by atoms with Crippen molar-refractivity contribution in [2.45, 2.75) is 51.0 Å². The molecule has 0 aromatic carbocycles. The molecule has 4 nitrogen and oxygen atoms in total. The Morgan fingerprint density at radius 2 is 2.00 bits per heavy atom. The summed E-state index contributed by atoms with van der Waals surface area (Å²) in [5, 5.41) is 5.21. The minimum Gasteiger partial charge on any atom is -0.353 e. The maximum Gasteiger partial charge on any atom is 0.246 e.